The first-order valence-electron chi connectivity index (χ1n) is 7.45. The Morgan fingerprint density at radius 3 is 2.65 bits per heavy atom. The molecule has 1 rings (SSSR count). The van der Waals surface area contributed by atoms with Crippen LogP contribution in [-0.2, 0) is 14.3 Å². The number of hydrogen-bond acceptors (Lipinski definition) is 5. The van der Waals surface area contributed by atoms with E-state index in [-0.39, 0.29) is 12.3 Å². The summed E-state index contributed by atoms with van der Waals surface area (Å²) in [5.74, 6) is -0.233. The summed E-state index contributed by atoms with van der Waals surface area (Å²) in [5.41, 5.74) is 0. The Bertz CT molecular complexity index is 304. The van der Waals surface area contributed by atoms with Crippen molar-refractivity contribution >= 4 is 11.9 Å². The van der Waals surface area contributed by atoms with Crippen molar-refractivity contribution in [3.8, 4) is 0 Å². The van der Waals surface area contributed by atoms with Crippen molar-refractivity contribution in [2.24, 2.45) is 0 Å². The van der Waals surface area contributed by atoms with E-state index in [1.54, 1.807) is 6.92 Å². The lowest BCUT2D eigenvalue weighted by molar-refractivity contribution is -0.145. The Hall–Kier alpha value is -1.14. The molecule has 1 aliphatic rings. The molecule has 0 radical (unpaired) electrons. The van der Waals surface area contributed by atoms with Gasteiger partial charge in [-0.05, 0) is 26.2 Å². The molecule has 1 heterocycles. The largest absolute Gasteiger partial charge is 0.466 e. The van der Waals surface area contributed by atoms with Gasteiger partial charge < -0.3 is 20.1 Å². The highest BCUT2D eigenvalue weighted by atomic mass is 16.5. The summed E-state index contributed by atoms with van der Waals surface area (Å²) in [5, 5.41) is 12.6. The quantitative estimate of drug-likeness (QED) is 0.495. The minimum atomic E-state index is -0.765. The molecule has 1 unspecified atom stereocenters. The summed E-state index contributed by atoms with van der Waals surface area (Å²) < 4.78 is 4.75. The van der Waals surface area contributed by atoms with Gasteiger partial charge in [-0.1, -0.05) is 0 Å². The molecule has 6 nitrogen and oxygen atoms in total. The van der Waals surface area contributed by atoms with Crippen molar-refractivity contribution in [3.05, 3.63) is 0 Å². The standard InChI is InChI=1S/C14H26N2O4/c1-2-20-14(19)10-12(17)11-15-7-6-13(18)16-8-4-3-5-9-16/h12,15,17H,2-11H2,1H3. The van der Waals surface area contributed by atoms with E-state index < -0.39 is 12.1 Å². The lowest BCUT2D eigenvalue weighted by Crippen LogP contribution is -2.38. The number of carbonyl (C=O) groups excluding carboxylic acids is 2. The lowest BCUT2D eigenvalue weighted by atomic mass is 10.1. The average molecular weight is 286 g/mol. The number of aliphatic hydroxyl groups is 1. The second-order valence-electron chi connectivity index (χ2n) is 5.06. The van der Waals surface area contributed by atoms with Gasteiger partial charge >= 0.3 is 5.97 Å². The van der Waals surface area contributed by atoms with Gasteiger partial charge in [0.15, 0.2) is 0 Å². The minimum Gasteiger partial charge on any atom is -0.466 e. The SMILES string of the molecule is CCOC(=O)CC(O)CNCCC(=O)N1CCCCC1. The molecule has 0 bridgehead atoms. The fourth-order valence-electron chi connectivity index (χ4n) is 2.25. The van der Waals surface area contributed by atoms with Gasteiger partial charge in [0.1, 0.15) is 0 Å². The van der Waals surface area contributed by atoms with Crippen LogP contribution >= 0.6 is 0 Å². The number of nitrogens with zero attached hydrogens (tertiary/aromatic N) is 1. The zero-order valence-electron chi connectivity index (χ0n) is 12.3. The Labute approximate surface area is 120 Å². The molecule has 0 saturated carbocycles. The monoisotopic (exact) mass is 286 g/mol. The Kier molecular flexibility index (Phi) is 8.22. The smallest absolute Gasteiger partial charge is 0.308 e. The molecule has 20 heavy (non-hydrogen) atoms. The first-order valence-corrected chi connectivity index (χ1v) is 7.45. The molecule has 0 aromatic rings. The number of piperidine rings is 1. The van der Waals surface area contributed by atoms with E-state index in [0.29, 0.717) is 26.1 Å². The molecule has 1 aliphatic heterocycles. The number of ether oxygens (including phenoxy) is 1. The van der Waals surface area contributed by atoms with Crippen LogP contribution in [0.3, 0.4) is 0 Å². The molecular weight excluding hydrogens is 260 g/mol. The molecule has 1 amide bonds. The van der Waals surface area contributed by atoms with Crippen LogP contribution in [0, 0.1) is 0 Å². The van der Waals surface area contributed by atoms with E-state index in [4.69, 9.17) is 4.74 Å². The Morgan fingerprint density at radius 1 is 1.30 bits per heavy atom. The van der Waals surface area contributed by atoms with Crippen molar-refractivity contribution in [2.75, 3.05) is 32.8 Å². The van der Waals surface area contributed by atoms with Gasteiger partial charge in [-0.3, -0.25) is 9.59 Å². The minimum absolute atomic E-state index is 0.0130. The summed E-state index contributed by atoms with van der Waals surface area (Å²) in [6, 6.07) is 0. The van der Waals surface area contributed by atoms with Crippen LogP contribution in [0.2, 0.25) is 0 Å². The maximum atomic E-state index is 11.9. The molecule has 1 atom stereocenters. The van der Waals surface area contributed by atoms with E-state index in [2.05, 4.69) is 5.32 Å². The van der Waals surface area contributed by atoms with Crippen LogP contribution in [0.25, 0.3) is 0 Å². The number of esters is 1. The van der Waals surface area contributed by atoms with Crippen LogP contribution in [0.15, 0.2) is 0 Å². The second-order valence-corrected chi connectivity index (χ2v) is 5.06. The molecule has 2 N–H and O–H groups in total. The third kappa shape index (κ3) is 6.86. The van der Waals surface area contributed by atoms with E-state index in [1.807, 2.05) is 4.90 Å². The molecule has 1 saturated heterocycles. The summed E-state index contributed by atoms with van der Waals surface area (Å²) in [6.45, 7) is 4.61. The van der Waals surface area contributed by atoms with Crippen LogP contribution in [0.1, 0.15) is 39.0 Å². The number of hydrogen-bond donors (Lipinski definition) is 2. The van der Waals surface area contributed by atoms with Crippen LogP contribution < -0.4 is 5.32 Å². The number of carbonyl (C=O) groups is 2. The highest BCUT2D eigenvalue weighted by molar-refractivity contribution is 5.76. The van der Waals surface area contributed by atoms with Crippen LogP contribution in [0.5, 0.6) is 0 Å². The van der Waals surface area contributed by atoms with Gasteiger partial charge in [0.25, 0.3) is 0 Å². The van der Waals surface area contributed by atoms with Gasteiger partial charge in [0.05, 0.1) is 19.1 Å². The van der Waals surface area contributed by atoms with Gasteiger partial charge in [0, 0.05) is 32.6 Å². The molecule has 0 aliphatic carbocycles. The molecule has 0 aromatic carbocycles. The van der Waals surface area contributed by atoms with Gasteiger partial charge in [0.2, 0.25) is 5.91 Å². The van der Waals surface area contributed by atoms with Crippen LogP contribution in [-0.4, -0.2) is 60.8 Å². The fraction of sp³-hybridized carbons (Fsp3) is 0.857. The maximum Gasteiger partial charge on any atom is 0.308 e. The molecule has 0 spiro atoms. The first-order chi connectivity index (χ1) is 9.63. The molecule has 1 fully saturated rings. The molecule has 0 aromatic heterocycles. The second kappa shape index (κ2) is 9.72. The van der Waals surface area contributed by atoms with Gasteiger partial charge in [-0.2, -0.15) is 0 Å². The van der Waals surface area contributed by atoms with Crippen molar-refractivity contribution in [1.29, 1.82) is 0 Å². The number of likely N-dealkylation sites (tertiary alicyclic amines) is 1. The molecule has 6 heteroatoms. The van der Waals surface area contributed by atoms with Gasteiger partial charge in [-0.25, -0.2) is 0 Å². The number of amides is 1. The predicted molar refractivity (Wildman–Crippen MR) is 75.2 cm³/mol. The van der Waals surface area contributed by atoms with Crippen molar-refractivity contribution in [1.82, 2.24) is 10.2 Å². The third-order valence-electron chi connectivity index (χ3n) is 3.31. The topological polar surface area (TPSA) is 78.9 Å². The first kappa shape index (κ1) is 16.9. The zero-order chi connectivity index (χ0) is 14.8. The molecular formula is C14H26N2O4. The van der Waals surface area contributed by atoms with Crippen molar-refractivity contribution in [2.45, 2.75) is 45.1 Å². The summed E-state index contributed by atoms with van der Waals surface area (Å²) >= 11 is 0. The van der Waals surface area contributed by atoms with Crippen molar-refractivity contribution < 1.29 is 19.4 Å². The van der Waals surface area contributed by atoms with E-state index in [1.165, 1.54) is 6.42 Å². The van der Waals surface area contributed by atoms with Crippen LogP contribution in [0.4, 0.5) is 0 Å². The normalized spacial score (nSPS) is 16.8. The Balaban J connectivity index is 2.05. The molecule has 116 valence electrons. The summed E-state index contributed by atoms with van der Waals surface area (Å²) in [7, 11) is 0. The lowest BCUT2D eigenvalue weighted by Gasteiger charge is -2.26. The number of aliphatic hydroxyl groups excluding tert-OH is 1. The fourth-order valence-corrected chi connectivity index (χ4v) is 2.25. The maximum absolute atomic E-state index is 11.9. The average Bonchev–Trinajstić information content (AvgIpc) is 2.44. The highest BCUT2D eigenvalue weighted by Gasteiger charge is 2.16. The number of nitrogens with one attached hydrogen (secondary N) is 1. The van der Waals surface area contributed by atoms with Gasteiger partial charge in [-0.15, -0.1) is 0 Å². The summed E-state index contributed by atoms with van der Waals surface area (Å²) in [4.78, 5) is 24.9. The zero-order valence-corrected chi connectivity index (χ0v) is 12.3. The predicted octanol–water partition coefficient (Wildman–Crippen LogP) is 0.293. The van der Waals surface area contributed by atoms with Crippen molar-refractivity contribution in [3.63, 3.8) is 0 Å². The Morgan fingerprint density at radius 2 is 2.00 bits per heavy atom. The highest BCUT2D eigenvalue weighted by Crippen LogP contribution is 2.09. The van der Waals surface area contributed by atoms with E-state index >= 15 is 0 Å². The third-order valence-corrected chi connectivity index (χ3v) is 3.31. The van der Waals surface area contributed by atoms with E-state index in [9.17, 15) is 14.7 Å². The number of rotatable bonds is 8. The summed E-state index contributed by atoms with van der Waals surface area (Å²) in [6.07, 6.45) is 3.06. The van der Waals surface area contributed by atoms with E-state index in [0.717, 1.165) is 25.9 Å².